The Bertz CT molecular complexity index is 947. The number of Topliss-reactive ketones (excluding diaryl/α,β-unsaturated/α-hetero) is 1. The molecule has 0 unspecified atom stereocenters. The van der Waals surface area contributed by atoms with Crippen LogP contribution in [-0.4, -0.2) is 21.5 Å². The van der Waals surface area contributed by atoms with Gasteiger partial charge in [0.25, 0.3) is 0 Å². The van der Waals surface area contributed by atoms with Crippen LogP contribution in [0, 0.1) is 13.8 Å². The Balaban J connectivity index is 1.54. The lowest BCUT2D eigenvalue weighted by Crippen LogP contribution is -2.24. The Kier molecular flexibility index (Phi) is 6.37. The van der Waals surface area contributed by atoms with Crippen LogP contribution in [0.3, 0.4) is 0 Å². The number of carbonyl (C=O) groups excluding carboxylic acids is 2. The number of amides is 1. The van der Waals surface area contributed by atoms with Crippen LogP contribution in [0.1, 0.15) is 45.7 Å². The van der Waals surface area contributed by atoms with Crippen molar-refractivity contribution in [2.24, 2.45) is 0 Å². The minimum Gasteiger partial charge on any atom is -0.352 e. The summed E-state index contributed by atoms with van der Waals surface area (Å²) in [5, 5.41) is 7.53. The fraction of sp³-hybridized carbons (Fsp3) is 0.261. The topological polar surface area (TPSA) is 64.0 Å². The van der Waals surface area contributed by atoms with E-state index in [4.69, 9.17) is 0 Å². The number of aryl methyl sites for hydroxylation is 1. The molecule has 0 atom stereocenters. The van der Waals surface area contributed by atoms with Gasteiger partial charge in [0.2, 0.25) is 5.91 Å². The Morgan fingerprint density at radius 1 is 0.929 bits per heavy atom. The molecule has 0 spiro atoms. The molecule has 1 heterocycles. The lowest BCUT2D eigenvalue weighted by Gasteiger charge is -2.07. The summed E-state index contributed by atoms with van der Waals surface area (Å²) in [6.45, 7) is 5.09. The predicted molar refractivity (Wildman–Crippen MR) is 109 cm³/mol. The van der Waals surface area contributed by atoms with Gasteiger partial charge < -0.3 is 5.32 Å². The molecule has 28 heavy (non-hydrogen) atoms. The maximum absolute atomic E-state index is 12.2. The molecular formula is C23H25N3O2. The predicted octanol–water partition coefficient (Wildman–Crippen LogP) is 3.83. The molecule has 2 aromatic carbocycles. The van der Waals surface area contributed by atoms with E-state index in [-0.39, 0.29) is 24.5 Å². The van der Waals surface area contributed by atoms with Gasteiger partial charge in [0.05, 0.1) is 12.2 Å². The van der Waals surface area contributed by atoms with Gasteiger partial charge in [0.1, 0.15) is 0 Å². The molecule has 0 saturated carbocycles. The number of carbonyl (C=O) groups is 2. The van der Waals surface area contributed by atoms with Crippen molar-refractivity contribution in [3.05, 3.63) is 88.7 Å². The molecule has 5 nitrogen and oxygen atoms in total. The molecule has 5 heteroatoms. The summed E-state index contributed by atoms with van der Waals surface area (Å²) >= 11 is 0. The van der Waals surface area contributed by atoms with Crippen molar-refractivity contribution in [1.82, 2.24) is 15.1 Å². The lowest BCUT2D eigenvalue weighted by atomic mass is 10.1. The van der Waals surface area contributed by atoms with Crippen molar-refractivity contribution in [3.63, 3.8) is 0 Å². The highest BCUT2D eigenvalue weighted by molar-refractivity contribution is 5.97. The molecule has 0 saturated heterocycles. The monoisotopic (exact) mass is 375 g/mol. The third-order valence-corrected chi connectivity index (χ3v) is 4.84. The summed E-state index contributed by atoms with van der Waals surface area (Å²) in [4.78, 5) is 24.3. The summed E-state index contributed by atoms with van der Waals surface area (Å²) in [5.74, 6) is -0.141. The van der Waals surface area contributed by atoms with Crippen LogP contribution in [-0.2, 0) is 17.9 Å². The average molecular weight is 375 g/mol. The number of hydrogen-bond acceptors (Lipinski definition) is 3. The van der Waals surface area contributed by atoms with E-state index < -0.39 is 0 Å². The zero-order chi connectivity index (χ0) is 19.9. The van der Waals surface area contributed by atoms with E-state index in [1.54, 1.807) is 12.1 Å². The minimum absolute atomic E-state index is 0.0150. The van der Waals surface area contributed by atoms with Gasteiger partial charge in [-0.05, 0) is 19.4 Å². The Morgan fingerprint density at radius 3 is 2.25 bits per heavy atom. The second-order valence-electron chi connectivity index (χ2n) is 6.86. The molecule has 1 aromatic heterocycles. The third kappa shape index (κ3) is 4.94. The standard InChI is InChI=1S/C23H25N3O2/c1-17-21(18(2)26(25-17)16-19-9-5-3-6-10-19)15-24-23(28)14-13-22(27)20-11-7-4-8-12-20/h3-12H,13-16H2,1-2H3,(H,24,28). The maximum Gasteiger partial charge on any atom is 0.220 e. The van der Waals surface area contributed by atoms with Crippen LogP contribution >= 0.6 is 0 Å². The van der Waals surface area contributed by atoms with E-state index >= 15 is 0 Å². The van der Waals surface area contributed by atoms with Gasteiger partial charge >= 0.3 is 0 Å². The number of ketones is 1. The van der Waals surface area contributed by atoms with Gasteiger partial charge in [-0.15, -0.1) is 0 Å². The highest BCUT2D eigenvalue weighted by Crippen LogP contribution is 2.15. The fourth-order valence-electron chi connectivity index (χ4n) is 3.17. The quantitative estimate of drug-likeness (QED) is 0.609. The van der Waals surface area contributed by atoms with Crippen molar-refractivity contribution in [2.45, 2.75) is 39.8 Å². The van der Waals surface area contributed by atoms with Crippen LogP contribution in [0.2, 0.25) is 0 Å². The zero-order valence-electron chi connectivity index (χ0n) is 16.3. The van der Waals surface area contributed by atoms with Crippen molar-refractivity contribution in [1.29, 1.82) is 0 Å². The summed E-state index contributed by atoms with van der Waals surface area (Å²) in [5.41, 5.74) is 4.81. The Labute approximate surface area is 165 Å². The maximum atomic E-state index is 12.2. The number of rotatable bonds is 8. The highest BCUT2D eigenvalue weighted by Gasteiger charge is 2.14. The van der Waals surface area contributed by atoms with Gasteiger partial charge in [-0.3, -0.25) is 14.3 Å². The number of benzene rings is 2. The summed E-state index contributed by atoms with van der Waals surface area (Å²) in [6, 6.07) is 19.2. The van der Waals surface area contributed by atoms with Gasteiger partial charge in [-0.25, -0.2) is 0 Å². The summed E-state index contributed by atoms with van der Waals surface area (Å²) in [6.07, 6.45) is 0.394. The average Bonchev–Trinajstić information content (AvgIpc) is 2.98. The number of hydrogen-bond donors (Lipinski definition) is 1. The highest BCUT2D eigenvalue weighted by atomic mass is 16.2. The van der Waals surface area contributed by atoms with Crippen LogP contribution < -0.4 is 5.32 Å². The van der Waals surface area contributed by atoms with Gasteiger partial charge in [0, 0.05) is 36.2 Å². The first kappa shape index (κ1) is 19.5. The first-order chi connectivity index (χ1) is 13.5. The SMILES string of the molecule is Cc1nn(Cc2ccccc2)c(C)c1CNC(=O)CCC(=O)c1ccccc1. The second-order valence-corrected chi connectivity index (χ2v) is 6.86. The lowest BCUT2D eigenvalue weighted by molar-refractivity contribution is -0.121. The van der Waals surface area contributed by atoms with Crippen molar-refractivity contribution in [2.75, 3.05) is 0 Å². The first-order valence-electron chi connectivity index (χ1n) is 9.46. The molecule has 0 aliphatic heterocycles. The van der Waals surface area contributed by atoms with E-state index in [1.165, 1.54) is 5.56 Å². The molecule has 3 aromatic rings. The molecule has 0 aliphatic rings. The normalized spacial score (nSPS) is 10.6. The van der Waals surface area contributed by atoms with Crippen molar-refractivity contribution in [3.8, 4) is 0 Å². The van der Waals surface area contributed by atoms with Crippen LogP contribution in [0.25, 0.3) is 0 Å². The fourth-order valence-corrected chi connectivity index (χ4v) is 3.17. The smallest absolute Gasteiger partial charge is 0.220 e. The van der Waals surface area contributed by atoms with Gasteiger partial charge in [-0.2, -0.15) is 5.10 Å². The summed E-state index contributed by atoms with van der Waals surface area (Å²) in [7, 11) is 0. The molecule has 0 bridgehead atoms. The number of nitrogens with one attached hydrogen (secondary N) is 1. The molecule has 0 radical (unpaired) electrons. The molecular weight excluding hydrogens is 350 g/mol. The molecule has 1 N–H and O–H groups in total. The molecule has 3 rings (SSSR count). The largest absolute Gasteiger partial charge is 0.352 e. The van der Waals surface area contributed by atoms with E-state index in [2.05, 4.69) is 22.5 Å². The van der Waals surface area contributed by atoms with Crippen LogP contribution in [0.4, 0.5) is 0 Å². The second kappa shape index (κ2) is 9.13. The van der Waals surface area contributed by atoms with Crippen LogP contribution in [0.15, 0.2) is 60.7 Å². The third-order valence-electron chi connectivity index (χ3n) is 4.84. The van der Waals surface area contributed by atoms with E-state index in [9.17, 15) is 9.59 Å². The van der Waals surface area contributed by atoms with Gasteiger partial charge in [-0.1, -0.05) is 60.7 Å². The number of nitrogens with zero attached hydrogens (tertiary/aromatic N) is 2. The van der Waals surface area contributed by atoms with Crippen LogP contribution in [0.5, 0.6) is 0 Å². The van der Waals surface area contributed by atoms with Crippen molar-refractivity contribution >= 4 is 11.7 Å². The van der Waals surface area contributed by atoms with E-state index in [0.717, 1.165) is 17.0 Å². The Morgan fingerprint density at radius 2 is 1.57 bits per heavy atom. The van der Waals surface area contributed by atoms with E-state index in [1.807, 2.05) is 54.9 Å². The first-order valence-corrected chi connectivity index (χ1v) is 9.46. The minimum atomic E-state index is -0.126. The molecule has 0 fully saturated rings. The van der Waals surface area contributed by atoms with Crippen molar-refractivity contribution < 1.29 is 9.59 Å². The number of aromatic nitrogens is 2. The zero-order valence-corrected chi connectivity index (χ0v) is 16.3. The van der Waals surface area contributed by atoms with Gasteiger partial charge in [0.15, 0.2) is 5.78 Å². The molecule has 0 aliphatic carbocycles. The molecule has 144 valence electrons. The van der Waals surface area contributed by atoms with E-state index in [0.29, 0.717) is 18.7 Å². The molecule has 1 amide bonds. The Hall–Kier alpha value is -3.21. The summed E-state index contributed by atoms with van der Waals surface area (Å²) < 4.78 is 1.96.